The molecule has 1 N–H and O–H groups in total. The number of sulfonamides is 1. The maximum Gasteiger partial charge on any atom is 0.244 e. The van der Waals surface area contributed by atoms with E-state index >= 15 is 0 Å². The normalized spacial score (nSPS) is 12.1. The van der Waals surface area contributed by atoms with Crippen molar-refractivity contribution in [3.63, 3.8) is 0 Å². The molecule has 0 aliphatic rings. The summed E-state index contributed by atoms with van der Waals surface area (Å²) in [6, 6.07) is 2.85. The van der Waals surface area contributed by atoms with Crippen LogP contribution in [0.25, 0.3) is 0 Å². The molecule has 0 aliphatic heterocycles. The standard InChI is InChI=1S/C10H11ClN2O2S/c1-4-10(2,3)13-16(14,15)8-6-5-7-12-9(8)11/h1,5-7,13H,2-3H3. The van der Waals surface area contributed by atoms with Crippen molar-refractivity contribution in [3.05, 3.63) is 23.5 Å². The number of rotatable bonds is 3. The molecule has 0 saturated carbocycles. The first-order valence-electron chi connectivity index (χ1n) is 4.41. The summed E-state index contributed by atoms with van der Waals surface area (Å²) in [5.41, 5.74) is -0.974. The number of hydrogen-bond acceptors (Lipinski definition) is 3. The van der Waals surface area contributed by atoms with Crippen molar-refractivity contribution < 1.29 is 8.42 Å². The van der Waals surface area contributed by atoms with E-state index in [1.807, 2.05) is 0 Å². The molecule has 0 fully saturated rings. The van der Waals surface area contributed by atoms with Crippen molar-refractivity contribution in [1.82, 2.24) is 9.71 Å². The van der Waals surface area contributed by atoms with Crippen molar-refractivity contribution in [2.45, 2.75) is 24.3 Å². The zero-order valence-corrected chi connectivity index (χ0v) is 10.4. The molecule has 0 aliphatic carbocycles. The Morgan fingerprint density at radius 1 is 1.56 bits per heavy atom. The molecule has 0 spiro atoms. The number of hydrogen-bond donors (Lipinski definition) is 1. The Morgan fingerprint density at radius 2 is 2.19 bits per heavy atom. The second-order valence-electron chi connectivity index (χ2n) is 3.67. The lowest BCUT2D eigenvalue weighted by Crippen LogP contribution is -2.42. The molecule has 0 bridgehead atoms. The highest BCUT2D eigenvalue weighted by molar-refractivity contribution is 7.89. The van der Waals surface area contributed by atoms with Gasteiger partial charge in [0.2, 0.25) is 10.0 Å². The Hall–Kier alpha value is -1.09. The first-order valence-corrected chi connectivity index (χ1v) is 6.27. The van der Waals surface area contributed by atoms with Crippen molar-refractivity contribution in [1.29, 1.82) is 0 Å². The third kappa shape index (κ3) is 2.95. The summed E-state index contributed by atoms with van der Waals surface area (Å²) in [6.45, 7) is 3.16. The minimum absolute atomic E-state index is 0.0807. The monoisotopic (exact) mass is 258 g/mol. The largest absolute Gasteiger partial charge is 0.244 e. The Kier molecular flexibility index (Phi) is 3.58. The molecule has 0 atom stereocenters. The second kappa shape index (κ2) is 4.42. The number of aromatic nitrogens is 1. The molecule has 1 rings (SSSR count). The molecule has 1 aromatic heterocycles. The van der Waals surface area contributed by atoms with Gasteiger partial charge in [-0.15, -0.1) is 6.42 Å². The fraction of sp³-hybridized carbons (Fsp3) is 0.300. The maximum absolute atomic E-state index is 11.9. The number of terminal acetylenes is 1. The summed E-state index contributed by atoms with van der Waals surface area (Å²) >= 11 is 5.70. The van der Waals surface area contributed by atoms with Gasteiger partial charge in [0.25, 0.3) is 0 Å². The average Bonchev–Trinajstić information content (AvgIpc) is 2.16. The summed E-state index contributed by atoms with van der Waals surface area (Å²) in [5.74, 6) is 2.33. The lowest BCUT2D eigenvalue weighted by molar-refractivity contribution is 0.539. The van der Waals surface area contributed by atoms with Gasteiger partial charge in [-0.05, 0) is 26.0 Å². The van der Waals surface area contributed by atoms with Crippen molar-refractivity contribution in [2.24, 2.45) is 0 Å². The predicted octanol–water partition coefficient (Wildman–Crippen LogP) is 1.43. The van der Waals surface area contributed by atoms with E-state index in [1.165, 1.54) is 18.3 Å². The first kappa shape index (κ1) is 13.0. The molecule has 0 radical (unpaired) electrons. The molecule has 6 heteroatoms. The van der Waals surface area contributed by atoms with Crippen LogP contribution in [0.5, 0.6) is 0 Å². The molecule has 16 heavy (non-hydrogen) atoms. The fourth-order valence-electron chi connectivity index (χ4n) is 0.992. The van der Waals surface area contributed by atoms with Crippen LogP contribution in [0.4, 0.5) is 0 Å². The van der Waals surface area contributed by atoms with Crippen molar-refractivity contribution in [3.8, 4) is 12.3 Å². The first-order chi connectivity index (χ1) is 7.28. The van der Waals surface area contributed by atoms with Crippen molar-refractivity contribution in [2.75, 3.05) is 0 Å². The topological polar surface area (TPSA) is 59.1 Å². The molecule has 4 nitrogen and oxygen atoms in total. The number of nitrogens with zero attached hydrogens (tertiary/aromatic N) is 1. The Bertz CT molecular complexity index is 532. The van der Waals surface area contributed by atoms with E-state index in [9.17, 15) is 8.42 Å². The van der Waals surface area contributed by atoms with Crippen LogP contribution in [0.2, 0.25) is 5.15 Å². The van der Waals surface area contributed by atoms with Gasteiger partial charge in [0.05, 0.1) is 5.54 Å². The third-order valence-electron chi connectivity index (χ3n) is 1.76. The van der Waals surface area contributed by atoms with Crippen LogP contribution in [0.15, 0.2) is 23.2 Å². The van der Waals surface area contributed by atoms with Gasteiger partial charge < -0.3 is 0 Å². The van der Waals surface area contributed by atoms with E-state index in [4.69, 9.17) is 18.0 Å². The average molecular weight is 259 g/mol. The summed E-state index contributed by atoms with van der Waals surface area (Å²) in [7, 11) is -3.75. The van der Waals surface area contributed by atoms with Crippen LogP contribution < -0.4 is 4.72 Å². The summed E-state index contributed by atoms with van der Waals surface area (Å²) in [5, 5.41) is -0.0807. The van der Waals surface area contributed by atoms with Gasteiger partial charge in [0.15, 0.2) is 0 Å². The van der Waals surface area contributed by atoms with Crippen LogP contribution >= 0.6 is 11.6 Å². The van der Waals surface area contributed by atoms with Gasteiger partial charge >= 0.3 is 0 Å². The van der Waals surface area contributed by atoms with Crippen LogP contribution in [-0.2, 0) is 10.0 Å². The second-order valence-corrected chi connectivity index (χ2v) is 5.68. The summed E-state index contributed by atoms with van der Waals surface area (Å²) in [4.78, 5) is 3.61. The minimum atomic E-state index is -3.75. The number of halogens is 1. The number of pyridine rings is 1. The number of nitrogens with one attached hydrogen (secondary N) is 1. The van der Waals surface area contributed by atoms with Gasteiger partial charge in [-0.2, -0.15) is 4.72 Å². The third-order valence-corrected chi connectivity index (χ3v) is 3.87. The van der Waals surface area contributed by atoms with E-state index in [2.05, 4.69) is 15.6 Å². The molecule has 86 valence electrons. The fourth-order valence-corrected chi connectivity index (χ4v) is 2.79. The Balaban J connectivity index is 3.16. The molecule has 1 heterocycles. The smallest absolute Gasteiger partial charge is 0.243 e. The Labute approximate surface area is 100 Å². The molecular weight excluding hydrogens is 248 g/mol. The maximum atomic E-state index is 11.9. The summed E-state index contributed by atoms with van der Waals surface area (Å²) in [6.07, 6.45) is 6.61. The predicted molar refractivity (Wildman–Crippen MR) is 62.5 cm³/mol. The van der Waals surface area contributed by atoms with Gasteiger partial charge in [0, 0.05) is 6.20 Å². The SMILES string of the molecule is C#CC(C)(C)NS(=O)(=O)c1cccnc1Cl. The van der Waals surface area contributed by atoms with Crippen LogP contribution in [0.1, 0.15) is 13.8 Å². The lowest BCUT2D eigenvalue weighted by atomic mass is 10.1. The highest BCUT2D eigenvalue weighted by atomic mass is 35.5. The van der Waals surface area contributed by atoms with E-state index < -0.39 is 15.6 Å². The minimum Gasteiger partial charge on any atom is -0.243 e. The van der Waals surface area contributed by atoms with Gasteiger partial charge in [-0.25, -0.2) is 13.4 Å². The molecule has 0 amide bonds. The van der Waals surface area contributed by atoms with Crippen LogP contribution in [0.3, 0.4) is 0 Å². The van der Waals surface area contributed by atoms with E-state index in [-0.39, 0.29) is 10.0 Å². The zero-order valence-electron chi connectivity index (χ0n) is 8.86. The molecule has 0 saturated heterocycles. The van der Waals surface area contributed by atoms with Gasteiger partial charge in [0.1, 0.15) is 10.0 Å². The zero-order chi connectivity index (χ0) is 12.4. The highest BCUT2D eigenvalue weighted by Gasteiger charge is 2.26. The summed E-state index contributed by atoms with van der Waals surface area (Å²) < 4.78 is 26.1. The van der Waals surface area contributed by atoms with Crippen molar-refractivity contribution >= 4 is 21.6 Å². The van der Waals surface area contributed by atoms with E-state index in [0.717, 1.165) is 0 Å². The Morgan fingerprint density at radius 3 is 2.69 bits per heavy atom. The van der Waals surface area contributed by atoms with Gasteiger partial charge in [-0.3, -0.25) is 0 Å². The van der Waals surface area contributed by atoms with E-state index in [0.29, 0.717) is 0 Å². The lowest BCUT2D eigenvalue weighted by Gasteiger charge is -2.19. The van der Waals surface area contributed by atoms with Crippen LogP contribution in [-0.4, -0.2) is 18.9 Å². The van der Waals surface area contributed by atoms with E-state index in [1.54, 1.807) is 13.8 Å². The highest BCUT2D eigenvalue weighted by Crippen LogP contribution is 2.19. The van der Waals surface area contributed by atoms with Gasteiger partial charge in [-0.1, -0.05) is 17.5 Å². The molecule has 0 unspecified atom stereocenters. The molecule has 1 aromatic rings. The molecular formula is C10H11ClN2O2S. The quantitative estimate of drug-likeness (QED) is 0.659. The van der Waals surface area contributed by atoms with Crippen LogP contribution in [0, 0.1) is 12.3 Å². The molecule has 0 aromatic carbocycles.